The Morgan fingerprint density at radius 3 is 2.86 bits per heavy atom. The molecule has 14 heavy (non-hydrogen) atoms. The molecule has 2 heteroatoms. The number of nitrogens with zero attached hydrogens (tertiary/aromatic N) is 1. The minimum Gasteiger partial charge on any atom is -0.356 e. The maximum Gasteiger partial charge on any atom is 0.167 e. The maximum atomic E-state index is 5.15. The van der Waals surface area contributed by atoms with Crippen LogP contribution in [0, 0.1) is 0 Å². The van der Waals surface area contributed by atoms with E-state index in [9.17, 15) is 0 Å². The second-order valence-corrected chi connectivity index (χ2v) is 4.32. The summed E-state index contributed by atoms with van der Waals surface area (Å²) in [7, 11) is 0. The summed E-state index contributed by atoms with van der Waals surface area (Å²) in [5.74, 6) is 0. The highest BCUT2D eigenvalue weighted by atomic mass is 16.5. The number of rotatable bonds is 2. The molecule has 1 aromatic heterocycles. The molecule has 0 spiro atoms. The van der Waals surface area contributed by atoms with Gasteiger partial charge in [-0.15, -0.1) is 0 Å². The van der Waals surface area contributed by atoms with Gasteiger partial charge in [0.25, 0.3) is 0 Å². The van der Waals surface area contributed by atoms with Crippen LogP contribution in [0.4, 0.5) is 0 Å². The molecule has 74 valence electrons. The second kappa shape index (κ2) is 3.12. The second-order valence-electron chi connectivity index (χ2n) is 4.32. The summed E-state index contributed by atoms with van der Waals surface area (Å²) in [5.41, 5.74) is 2.40. The van der Waals surface area contributed by atoms with Crippen LogP contribution < -0.4 is 0 Å². The van der Waals surface area contributed by atoms with Gasteiger partial charge in [-0.2, -0.15) is 0 Å². The summed E-state index contributed by atoms with van der Waals surface area (Å²) in [4.78, 5) is 0. The molecule has 0 N–H and O–H groups in total. The van der Waals surface area contributed by atoms with Crippen molar-refractivity contribution in [2.75, 3.05) is 0 Å². The topological polar surface area (TPSA) is 26.0 Å². The first-order chi connectivity index (χ1) is 6.63. The summed E-state index contributed by atoms with van der Waals surface area (Å²) in [6.45, 7) is 6.68. The van der Waals surface area contributed by atoms with E-state index in [1.165, 1.54) is 5.56 Å². The van der Waals surface area contributed by atoms with Gasteiger partial charge in [0.05, 0.1) is 6.20 Å². The van der Waals surface area contributed by atoms with Crippen LogP contribution >= 0.6 is 0 Å². The van der Waals surface area contributed by atoms with Crippen LogP contribution in [0.5, 0.6) is 0 Å². The van der Waals surface area contributed by atoms with Gasteiger partial charge < -0.3 is 4.52 Å². The smallest absolute Gasteiger partial charge is 0.167 e. The van der Waals surface area contributed by atoms with Crippen molar-refractivity contribution < 1.29 is 4.52 Å². The van der Waals surface area contributed by atoms with Gasteiger partial charge in [0, 0.05) is 5.39 Å². The first-order valence-electron chi connectivity index (χ1n) is 4.98. The molecule has 0 aliphatic heterocycles. The molecular weight excluding hydrogens is 174 g/mol. The molecule has 2 rings (SSSR count). The lowest BCUT2D eigenvalue weighted by molar-refractivity contribution is 0.453. The summed E-state index contributed by atoms with van der Waals surface area (Å²) in [5, 5.41) is 4.85. The lowest BCUT2D eigenvalue weighted by Gasteiger charge is -2.22. The van der Waals surface area contributed by atoms with E-state index in [1.54, 1.807) is 6.20 Å². The van der Waals surface area contributed by atoms with E-state index >= 15 is 0 Å². The van der Waals surface area contributed by atoms with Gasteiger partial charge in [0.1, 0.15) is 0 Å². The van der Waals surface area contributed by atoms with Crippen molar-refractivity contribution in [1.29, 1.82) is 0 Å². The van der Waals surface area contributed by atoms with Crippen molar-refractivity contribution in [3.05, 3.63) is 30.0 Å². The van der Waals surface area contributed by atoms with Gasteiger partial charge in [0.15, 0.2) is 5.58 Å². The highest BCUT2D eigenvalue weighted by molar-refractivity contribution is 5.76. The Kier molecular flexibility index (Phi) is 2.06. The highest BCUT2D eigenvalue weighted by Gasteiger charge is 2.18. The molecule has 0 fully saturated rings. The summed E-state index contributed by atoms with van der Waals surface area (Å²) >= 11 is 0. The third-order valence-electron chi connectivity index (χ3n) is 3.02. The molecule has 0 aliphatic rings. The molecule has 0 saturated heterocycles. The predicted molar refractivity (Wildman–Crippen MR) is 57.3 cm³/mol. The van der Waals surface area contributed by atoms with Crippen molar-refractivity contribution >= 4 is 11.0 Å². The molecule has 0 aliphatic carbocycles. The van der Waals surface area contributed by atoms with Crippen molar-refractivity contribution in [3.8, 4) is 0 Å². The quantitative estimate of drug-likeness (QED) is 0.722. The molecule has 1 heterocycles. The number of hydrogen-bond donors (Lipinski definition) is 0. The van der Waals surface area contributed by atoms with Gasteiger partial charge in [-0.1, -0.05) is 32.0 Å². The largest absolute Gasteiger partial charge is 0.356 e. The Balaban J connectivity index is 2.53. The molecule has 0 saturated carbocycles. The monoisotopic (exact) mass is 189 g/mol. The maximum absolute atomic E-state index is 5.15. The minimum absolute atomic E-state index is 0.209. The van der Waals surface area contributed by atoms with Crippen molar-refractivity contribution in [1.82, 2.24) is 5.16 Å². The van der Waals surface area contributed by atoms with Gasteiger partial charge in [0.2, 0.25) is 0 Å². The lowest BCUT2D eigenvalue weighted by Crippen LogP contribution is -2.14. The van der Waals surface area contributed by atoms with Crippen LogP contribution in [-0.2, 0) is 5.41 Å². The standard InChI is InChI=1S/C12H15NO/c1-4-12(2,3)10-6-5-9-8-13-14-11(9)7-10/h5-8H,4H2,1-3H3. The van der Waals surface area contributed by atoms with Crippen LogP contribution in [0.15, 0.2) is 28.9 Å². The summed E-state index contributed by atoms with van der Waals surface area (Å²) < 4.78 is 5.15. The summed E-state index contributed by atoms with van der Waals surface area (Å²) in [6.07, 6.45) is 2.87. The Hall–Kier alpha value is -1.31. The fraction of sp³-hybridized carbons (Fsp3) is 0.417. The van der Waals surface area contributed by atoms with Crippen LogP contribution in [0.25, 0.3) is 11.0 Å². The fourth-order valence-corrected chi connectivity index (χ4v) is 1.49. The van der Waals surface area contributed by atoms with Gasteiger partial charge >= 0.3 is 0 Å². The van der Waals surface area contributed by atoms with Crippen molar-refractivity contribution in [2.45, 2.75) is 32.6 Å². The van der Waals surface area contributed by atoms with E-state index < -0.39 is 0 Å². The highest BCUT2D eigenvalue weighted by Crippen LogP contribution is 2.29. The van der Waals surface area contributed by atoms with E-state index in [2.05, 4.69) is 44.1 Å². The van der Waals surface area contributed by atoms with E-state index in [-0.39, 0.29) is 5.41 Å². The molecule has 0 amide bonds. The molecule has 2 aromatic rings. The third-order valence-corrected chi connectivity index (χ3v) is 3.02. The lowest BCUT2D eigenvalue weighted by atomic mass is 9.82. The zero-order valence-electron chi connectivity index (χ0n) is 8.87. The van der Waals surface area contributed by atoms with Crippen molar-refractivity contribution in [3.63, 3.8) is 0 Å². The minimum atomic E-state index is 0.209. The first-order valence-corrected chi connectivity index (χ1v) is 4.98. The summed E-state index contributed by atoms with van der Waals surface area (Å²) in [6, 6.07) is 6.31. The molecular formula is C12H15NO. The first kappa shape index (κ1) is 9.25. The predicted octanol–water partition coefficient (Wildman–Crippen LogP) is 3.52. The van der Waals surface area contributed by atoms with E-state index in [0.29, 0.717) is 0 Å². The van der Waals surface area contributed by atoms with E-state index in [4.69, 9.17) is 4.52 Å². The third kappa shape index (κ3) is 1.41. The zero-order chi connectivity index (χ0) is 10.2. The van der Waals surface area contributed by atoms with Gasteiger partial charge in [-0.05, 0) is 29.5 Å². The molecule has 0 unspecified atom stereocenters. The van der Waals surface area contributed by atoms with Crippen LogP contribution in [-0.4, -0.2) is 5.16 Å². The molecule has 0 radical (unpaired) electrons. The van der Waals surface area contributed by atoms with Crippen LogP contribution in [0.2, 0.25) is 0 Å². The van der Waals surface area contributed by atoms with Crippen molar-refractivity contribution in [2.24, 2.45) is 0 Å². The Bertz CT molecular complexity index is 442. The number of aromatic nitrogens is 1. The van der Waals surface area contributed by atoms with E-state index in [0.717, 1.165) is 17.4 Å². The molecule has 0 atom stereocenters. The zero-order valence-corrected chi connectivity index (χ0v) is 8.87. The number of fused-ring (bicyclic) bond motifs is 1. The van der Waals surface area contributed by atoms with Crippen LogP contribution in [0.3, 0.4) is 0 Å². The Morgan fingerprint density at radius 2 is 2.14 bits per heavy atom. The molecule has 2 nitrogen and oxygen atoms in total. The molecule has 0 bridgehead atoms. The molecule has 1 aromatic carbocycles. The van der Waals surface area contributed by atoms with Gasteiger partial charge in [-0.3, -0.25) is 0 Å². The normalized spacial score (nSPS) is 12.2. The van der Waals surface area contributed by atoms with Crippen LogP contribution in [0.1, 0.15) is 32.8 Å². The number of hydrogen-bond acceptors (Lipinski definition) is 2. The SMILES string of the molecule is CCC(C)(C)c1ccc2cnoc2c1. The fourth-order valence-electron chi connectivity index (χ4n) is 1.49. The Labute approximate surface area is 83.9 Å². The average molecular weight is 189 g/mol. The number of benzene rings is 1. The average Bonchev–Trinajstić information content (AvgIpc) is 2.64. The Morgan fingerprint density at radius 1 is 1.36 bits per heavy atom. The van der Waals surface area contributed by atoms with Gasteiger partial charge in [-0.25, -0.2) is 0 Å². The van der Waals surface area contributed by atoms with E-state index in [1.807, 2.05) is 0 Å².